The molecule has 16 heavy (non-hydrogen) atoms. The van der Waals surface area contributed by atoms with Crippen molar-refractivity contribution in [3.8, 4) is 5.75 Å². The van der Waals surface area contributed by atoms with Gasteiger partial charge in [-0.1, -0.05) is 0 Å². The third kappa shape index (κ3) is 2.90. The lowest BCUT2D eigenvalue weighted by molar-refractivity contribution is 0.0591. The van der Waals surface area contributed by atoms with E-state index in [2.05, 4.69) is 9.72 Å². The van der Waals surface area contributed by atoms with Crippen molar-refractivity contribution in [3.63, 3.8) is 0 Å². The van der Waals surface area contributed by atoms with Gasteiger partial charge in [-0.25, -0.2) is 9.78 Å². The van der Waals surface area contributed by atoms with E-state index < -0.39 is 5.97 Å². The van der Waals surface area contributed by atoms with Crippen LogP contribution in [0.15, 0.2) is 18.3 Å². The molecule has 0 aliphatic heterocycles. The van der Waals surface area contributed by atoms with Crippen molar-refractivity contribution in [2.45, 2.75) is 0 Å². The van der Waals surface area contributed by atoms with Gasteiger partial charge in [0, 0.05) is 20.3 Å². The molecule has 0 radical (unpaired) electrons. The Morgan fingerprint density at radius 2 is 2.19 bits per heavy atom. The molecule has 0 atom stereocenters. The third-order valence-corrected chi connectivity index (χ3v) is 2.16. The predicted molar refractivity (Wildman–Crippen MR) is 62.5 cm³/mol. The zero-order chi connectivity index (χ0) is 12.1. The average Bonchev–Trinajstić information content (AvgIpc) is 2.28. The van der Waals surface area contributed by atoms with E-state index in [9.17, 15) is 4.79 Å². The van der Waals surface area contributed by atoms with Crippen molar-refractivity contribution in [3.05, 3.63) is 24.0 Å². The van der Waals surface area contributed by atoms with E-state index in [1.165, 1.54) is 13.3 Å². The molecule has 86 valence electrons. The molecule has 1 rings (SSSR count). The minimum absolute atomic E-state index is 0.106. The topological polar surface area (TPSA) is 51.7 Å². The van der Waals surface area contributed by atoms with E-state index in [1.807, 2.05) is 0 Å². The van der Waals surface area contributed by atoms with Crippen LogP contribution in [0.5, 0.6) is 5.75 Å². The summed E-state index contributed by atoms with van der Waals surface area (Å²) in [6.07, 6.45) is 1.48. The van der Waals surface area contributed by atoms with Crippen LogP contribution < -0.4 is 4.74 Å². The Bertz CT molecular complexity index is 407. The van der Waals surface area contributed by atoms with Crippen LogP contribution in [0.1, 0.15) is 10.5 Å². The maximum atomic E-state index is 11.4. The summed E-state index contributed by atoms with van der Waals surface area (Å²) in [5.41, 5.74) is 0.106. The van der Waals surface area contributed by atoms with Crippen LogP contribution in [0.3, 0.4) is 0 Å². The zero-order valence-electron chi connectivity index (χ0n) is 9.26. The van der Waals surface area contributed by atoms with Crippen molar-refractivity contribution >= 4 is 23.4 Å². The molecule has 0 aliphatic carbocycles. The molecule has 0 N–H and O–H groups in total. The SMILES string of the molecule is COC(=O)c1ncccc1OC(=S)N(C)C. The van der Waals surface area contributed by atoms with Gasteiger partial charge in [0.15, 0.2) is 11.4 Å². The van der Waals surface area contributed by atoms with E-state index in [-0.39, 0.29) is 16.6 Å². The van der Waals surface area contributed by atoms with Gasteiger partial charge >= 0.3 is 5.97 Å². The average molecular weight is 240 g/mol. The first-order chi connectivity index (χ1) is 7.56. The Morgan fingerprint density at radius 3 is 2.75 bits per heavy atom. The van der Waals surface area contributed by atoms with Crippen molar-refractivity contribution in [2.24, 2.45) is 0 Å². The fourth-order valence-electron chi connectivity index (χ4n) is 0.908. The van der Waals surface area contributed by atoms with Crippen LogP contribution in [0, 0.1) is 0 Å². The number of pyridine rings is 1. The van der Waals surface area contributed by atoms with Crippen molar-refractivity contribution in [1.29, 1.82) is 0 Å². The molecule has 0 aliphatic rings. The fraction of sp³-hybridized carbons (Fsp3) is 0.300. The number of methoxy groups -OCH3 is 1. The summed E-state index contributed by atoms with van der Waals surface area (Å²) in [6, 6.07) is 3.26. The first-order valence-corrected chi connectivity index (χ1v) is 4.89. The molecule has 0 amide bonds. The smallest absolute Gasteiger partial charge is 0.360 e. The summed E-state index contributed by atoms with van der Waals surface area (Å²) in [6.45, 7) is 0. The second-order valence-electron chi connectivity index (χ2n) is 3.10. The minimum atomic E-state index is -0.558. The van der Waals surface area contributed by atoms with E-state index in [4.69, 9.17) is 17.0 Å². The number of rotatable bonds is 2. The van der Waals surface area contributed by atoms with Crippen molar-refractivity contribution < 1.29 is 14.3 Å². The predicted octanol–water partition coefficient (Wildman–Crippen LogP) is 1.09. The first-order valence-electron chi connectivity index (χ1n) is 4.48. The van der Waals surface area contributed by atoms with Crippen LogP contribution in [0.4, 0.5) is 0 Å². The van der Waals surface area contributed by atoms with Gasteiger partial charge in [0.1, 0.15) is 0 Å². The molecular weight excluding hydrogens is 228 g/mol. The number of hydrogen-bond acceptors (Lipinski definition) is 5. The highest BCUT2D eigenvalue weighted by atomic mass is 32.1. The number of ether oxygens (including phenoxy) is 2. The van der Waals surface area contributed by atoms with Gasteiger partial charge < -0.3 is 14.4 Å². The molecule has 6 heteroatoms. The molecular formula is C10H12N2O3S. The van der Waals surface area contributed by atoms with Crippen LogP contribution in [-0.4, -0.2) is 42.2 Å². The molecule has 0 saturated carbocycles. The summed E-state index contributed by atoms with van der Waals surface area (Å²) >= 11 is 4.97. The van der Waals surface area contributed by atoms with Crippen LogP contribution >= 0.6 is 12.2 Å². The lowest BCUT2D eigenvalue weighted by Crippen LogP contribution is -2.26. The van der Waals surface area contributed by atoms with Crippen LogP contribution in [-0.2, 0) is 4.74 Å². The summed E-state index contributed by atoms with van der Waals surface area (Å²) in [5, 5.41) is 0.248. The van der Waals surface area contributed by atoms with Crippen LogP contribution in [0.2, 0.25) is 0 Å². The molecule has 0 saturated heterocycles. The second-order valence-corrected chi connectivity index (χ2v) is 3.45. The van der Waals surface area contributed by atoms with Gasteiger partial charge in [0.05, 0.1) is 7.11 Å². The van der Waals surface area contributed by atoms with Gasteiger partial charge in [0.2, 0.25) is 0 Å². The highest BCUT2D eigenvalue weighted by Crippen LogP contribution is 2.16. The fourth-order valence-corrected chi connectivity index (χ4v) is 0.998. The largest absolute Gasteiger partial charge is 0.464 e. The van der Waals surface area contributed by atoms with Gasteiger partial charge in [-0.3, -0.25) is 0 Å². The van der Waals surface area contributed by atoms with Crippen molar-refractivity contribution in [1.82, 2.24) is 9.88 Å². The Morgan fingerprint density at radius 1 is 1.50 bits per heavy atom. The quantitative estimate of drug-likeness (QED) is 0.570. The summed E-state index contributed by atoms with van der Waals surface area (Å²) in [5.74, 6) is -0.273. The summed E-state index contributed by atoms with van der Waals surface area (Å²) in [7, 11) is 4.78. The van der Waals surface area contributed by atoms with Crippen LogP contribution in [0.25, 0.3) is 0 Å². The molecule has 1 aromatic heterocycles. The van der Waals surface area contributed by atoms with Gasteiger partial charge in [-0.05, 0) is 24.4 Å². The number of aromatic nitrogens is 1. The Labute approximate surface area is 99.0 Å². The van der Waals surface area contributed by atoms with E-state index in [1.54, 1.807) is 31.1 Å². The first kappa shape index (κ1) is 12.4. The Hall–Kier alpha value is -1.69. The lowest BCUT2D eigenvalue weighted by Gasteiger charge is -2.15. The molecule has 0 bridgehead atoms. The number of nitrogens with zero attached hydrogens (tertiary/aromatic N) is 2. The molecule has 5 nitrogen and oxygen atoms in total. The number of hydrogen-bond donors (Lipinski definition) is 0. The lowest BCUT2D eigenvalue weighted by atomic mass is 10.3. The van der Waals surface area contributed by atoms with Gasteiger partial charge in [-0.2, -0.15) is 0 Å². The maximum Gasteiger partial charge on any atom is 0.360 e. The molecule has 0 aromatic carbocycles. The number of carbonyl (C=O) groups excluding carboxylic acids is 1. The molecule has 0 unspecified atom stereocenters. The Kier molecular flexibility index (Phi) is 4.19. The van der Waals surface area contributed by atoms with E-state index >= 15 is 0 Å². The summed E-state index contributed by atoms with van der Waals surface area (Å²) < 4.78 is 9.90. The third-order valence-electron chi connectivity index (χ3n) is 1.71. The highest BCUT2D eigenvalue weighted by Gasteiger charge is 2.16. The van der Waals surface area contributed by atoms with Gasteiger partial charge in [-0.15, -0.1) is 0 Å². The molecule has 1 aromatic rings. The monoisotopic (exact) mass is 240 g/mol. The standard InChI is InChI=1S/C10H12N2O3S/c1-12(2)10(16)15-7-5-4-6-11-8(7)9(13)14-3/h4-6H,1-3H3. The van der Waals surface area contributed by atoms with E-state index in [0.29, 0.717) is 0 Å². The minimum Gasteiger partial charge on any atom is -0.464 e. The molecule has 1 heterocycles. The number of carbonyl (C=O) groups is 1. The number of esters is 1. The normalized spacial score (nSPS) is 9.44. The highest BCUT2D eigenvalue weighted by molar-refractivity contribution is 7.80. The Balaban J connectivity index is 2.95. The summed E-state index contributed by atoms with van der Waals surface area (Å²) in [4.78, 5) is 16.9. The zero-order valence-corrected chi connectivity index (χ0v) is 10.1. The van der Waals surface area contributed by atoms with Crippen molar-refractivity contribution in [2.75, 3.05) is 21.2 Å². The molecule has 0 spiro atoms. The maximum absolute atomic E-state index is 11.4. The molecule has 0 fully saturated rings. The van der Waals surface area contributed by atoms with Gasteiger partial charge in [0.25, 0.3) is 5.17 Å². The second kappa shape index (κ2) is 5.41. The van der Waals surface area contributed by atoms with E-state index in [0.717, 1.165) is 0 Å². The number of thiocarbonyl (C=S) groups is 1.